The van der Waals surface area contributed by atoms with Gasteiger partial charge >= 0.3 is 0 Å². The van der Waals surface area contributed by atoms with Gasteiger partial charge in [-0.1, -0.05) is 20.8 Å². The molecule has 0 spiro atoms. The number of hydrogen-bond donors (Lipinski definition) is 1. The second kappa shape index (κ2) is 2.22. The molecule has 1 heterocycles. The first kappa shape index (κ1) is 7.60. The summed E-state index contributed by atoms with van der Waals surface area (Å²) in [7, 11) is 0. The lowest BCUT2D eigenvalue weighted by molar-refractivity contribution is 0.211. The number of nitrogens with one attached hydrogen (secondary N) is 1. The molecule has 1 saturated carbocycles. The van der Waals surface area contributed by atoms with Crippen molar-refractivity contribution in [3.05, 3.63) is 0 Å². The maximum absolute atomic E-state index is 3.73. The highest BCUT2D eigenvalue weighted by molar-refractivity contribution is 5.01. The smallest absolute Gasteiger partial charge is 0.0147 e. The van der Waals surface area contributed by atoms with Crippen LogP contribution in [0.15, 0.2) is 0 Å². The van der Waals surface area contributed by atoms with Crippen LogP contribution in [0.3, 0.4) is 0 Å². The van der Waals surface area contributed by atoms with E-state index in [0.29, 0.717) is 5.41 Å². The van der Waals surface area contributed by atoms with Crippen molar-refractivity contribution in [2.75, 3.05) is 0 Å². The van der Waals surface area contributed by atoms with Crippen molar-refractivity contribution in [2.24, 2.45) is 11.3 Å². The highest BCUT2D eigenvalue weighted by Crippen LogP contribution is 2.41. The summed E-state index contributed by atoms with van der Waals surface area (Å²) < 4.78 is 0. The SMILES string of the molecule is CC(C)(C)[C@H]1NC2CCC1C2. The Hall–Kier alpha value is -0.0400. The van der Waals surface area contributed by atoms with Gasteiger partial charge in [-0.2, -0.15) is 0 Å². The molecule has 1 saturated heterocycles. The third-order valence-corrected chi connectivity index (χ3v) is 3.29. The molecular formula is C10H19N. The quantitative estimate of drug-likeness (QED) is 0.562. The third-order valence-electron chi connectivity index (χ3n) is 3.29. The molecule has 1 aliphatic carbocycles. The van der Waals surface area contributed by atoms with E-state index in [1.54, 1.807) is 0 Å². The van der Waals surface area contributed by atoms with Crippen LogP contribution in [-0.2, 0) is 0 Å². The van der Waals surface area contributed by atoms with E-state index < -0.39 is 0 Å². The van der Waals surface area contributed by atoms with Gasteiger partial charge in [0.2, 0.25) is 0 Å². The fourth-order valence-corrected chi connectivity index (χ4v) is 2.82. The minimum absolute atomic E-state index is 0.472. The molecule has 0 aromatic carbocycles. The summed E-state index contributed by atoms with van der Waals surface area (Å²) in [4.78, 5) is 0. The van der Waals surface area contributed by atoms with E-state index in [1.165, 1.54) is 19.3 Å². The molecule has 2 bridgehead atoms. The molecule has 1 N–H and O–H groups in total. The summed E-state index contributed by atoms with van der Waals surface area (Å²) in [5.74, 6) is 0.986. The number of piperidine rings is 1. The molecule has 1 heteroatoms. The topological polar surface area (TPSA) is 12.0 Å². The molecule has 2 unspecified atom stereocenters. The predicted molar refractivity (Wildman–Crippen MR) is 47.5 cm³/mol. The zero-order valence-electron chi connectivity index (χ0n) is 7.85. The Morgan fingerprint density at radius 1 is 1.18 bits per heavy atom. The maximum Gasteiger partial charge on any atom is 0.0147 e. The van der Waals surface area contributed by atoms with Crippen LogP contribution >= 0.6 is 0 Å². The predicted octanol–water partition coefficient (Wildman–Crippen LogP) is 2.17. The molecule has 0 radical (unpaired) electrons. The molecule has 0 amide bonds. The zero-order valence-corrected chi connectivity index (χ0v) is 7.85. The molecule has 1 aliphatic heterocycles. The number of fused-ring (bicyclic) bond motifs is 2. The molecule has 3 atom stereocenters. The Balaban J connectivity index is 2.08. The molecular weight excluding hydrogens is 134 g/mol. The van der Waals surface area contributed by atoms with Crippen molar-refractivity contribution in [3.63, 3.8) is 0 Å². The standard InChI is InChI=1S/C10H19N/c1-10(2,3)9-7-4-5-8(6-7)11-9/h7-9,11H,4-6H2,1-3H3/t7?,8?,9-/m0/s1. The molecule has 2 rings (SSSR count). The summed E-state index contributed by atoms with van der Waals surface area (Å²) in [6.45, 7) is 7.06. The van der Waals surface area contributed by atoms with Crippen LogP contribution in [0, 0.1) is 11.3 Å². The Bertz CT molecular complexity index is 157. The van der Waals surface area contributed by atoms with Crippen molar-refractivity contribution < 1.29 is 0 Å². The van der Waals surface area contributed by atoms with Gasteiger partial charge < -0.3 is 5.32 Å². The van der Waals surface area contributed by atoms with Crippen LogP contribution in [0.1, 0.15) is 40.0 Å². The third kappa shape index (κ3) is 1.20. The van der Waals surface area contributed by atoms with Crippen LogP contribution in [-0.4, -0.2) is 12.1 Å². The minimum Gasteiger partial charge on any atom is -0.310 e. The Labute approximate surface area is 69.6 Å². The van der Waals surface area contributed by atoms with E-state index in [2.05, 4.69) is 26.1 Å². The molecule has 1 nitrogen and oxygen atoms in total. The van der Waals surface area contributed by atoms with Gasteiger partial charge in [-0.15, -0.1) is 0 Å². The number of hydrogen-bond acceptors (Lipinski definition) is 1. The van der Waals surface area contributed by atoms with Crippen LogP contribution in [0.4, 0.5) is 0 Å². The van der Waals surface area contributed by atoms with Gasteiger partial charge in [0.25, 0.3) is 0 Å². The highest BCUT2D eigenvalue weighted by Gasteiger charge is 2.43. The fraction of sp³-hybridized carbons (Fsp3) is 1.00. The zero-order chi connectivity index (χ0) is 8.06. The fourth-order valence-electron chi connectivity index (χ4n) is 2.82. The van der Waals surface area contributed by atoms with Gasteiger partial charge in [0, 0.05) is 12.1 Å². The first-order chi connectivity index (χ1) is 5.07. The normalized spacial score (nSPS) is 43.4. The monoisotopic (exact) mass is 153 g/mol. The van der Waals surface area contributed by atoms with Gasteiger partial charge in [-0.05, 0) is 30.6 Å². The van der Waals surface area contributed by atoms with E-state index in [4.69, 9.17) is 0 Å². The largest absolute Gasteiger partial charge is 0.310 e. The molecule has 2 fully saturated rings. The Morgan fingerprint density at radius 3 is 2.18 bits per heavy atom. The van der Waals surface area contributed by atoms with Crippen LogP contribution in [0.2, 0.25) is 0 Å². The average Bonchev–Trinajstić information content (AvgIpc) is 2.42. The molecule has 11 heavy (non-hydrogen) atoms. The lowest BCUT2D eigenvalue weighted by atomic mass is 9.79. The van der Waals surface area contributed by atoms with Crippen LogP contribution in [0.25, 0.3) is 0 Å². The van der Waals surface area contributed by atoms with Crippen LogP contribution < -0.4 is 5.32 Å². The first-order valence-electron chi connectivity index (χ1n) is 4.83. The second-order valence-electron chi connectivity index (χ2n) is 5.28. The summed E-state index contributed by atoms with van der Waals surface area (Å²) in [5, 5.41) is 3.73. The van der Waals surface area contributed by atoms with E-state index >= 15 is 0 Å². The van der Waals surface area contributed by atoms with Gasteiger partial charge in [-0.25, -0.2) is 0 Å². The molecule has 0 aromatic rings. The van der Waals surface area contributed by atoms with Gasteiger partial charge in [0.15, 0.2) is 0 Å². The molecule has 0 aromatic heterocycles. The lowest BCUT2D eigenvalue weighted by Gasteiger charge is -2.34. The average molecular weight is 153 g/mol. The molecule has 64 valence electrons. The minimum atomic E-state index is 0.472. The Kier molecular flexibility index (Phi) is 1.54. The van der Waals surface area contributed by atoms with E-state index in [0.717, 1.165) is 18.0 Å². The van der Waals surface area contributed by atoms with E-state index in [-0.39, 0.29) is 0 Å². The van der Waals surface area contributed by atoms with Crippen molar-refractivity contribution in [1.29, 1.82) is 0 Å². The van der Waals surface area contributed by atoms with Crippen LogP contribution in [0.5, 0.6) is 0 Å². The first-order valence-corrected chi connectivity index (χ1v) is 4.83. The van der Waals surface area contributed by atoms with E-state index in [1.807, 2.05) is 0 Å². The highest BCUT2D eigenvalue weighted by atomic mass is 15.0. The summed E-state index contributed by atoms with van der Waals surface area (Å²) in [5.41, 5.74) is 0.472. The van der Waals surface area contributed by atoms with E-state index in [9.17, 15) is 0 Å². The maximum atomic E-state index is 3.73. The Morgan fingerprint density at radius 2 is 1.91 bits per heavy atom. The van der Waals surface area contributed by atoms with Crippen molar-refractivity contribution in [2.45, 2.75) is 52.1 Å². The summed E-state index contributed by atoms with van der Waals surface area (Å²) in [6.07, 6.45) is 4.35. The summed E-state index contributed by atoms with van der Waals surface area (Å²) >= 11 is 0. The van der Waals surface area contributed by atoms with Gasteiger partial charge in [0.1, 0.15) is 0 Å². The van der Waals surface area contributed by atoms with Crippen molar-refractivity contribution in [1.82, 2.24) is 5.32 Å². The van der Waals surface area contributed by atoms with Gasteiger partial charge in [0.05, 0.1) is 0 Å². The lowest BCUT2D eigenvalue weighted by Crippen LogP contribution is -2.44. The summed E-state index contributed by atoms with van der Waals surface area (Å²) in [6, 6.07) is 1.66. The van der Waals surface area contributed by atoms with Crippen molar-refractivity contribution >= 4 is 0 Å². The number of rotatable bonds is 0. The van der Waals surface area contributed by atoms with Gasteiger partial charge in [-0.3, -0.25) is 0 Å². The second-order valence-corrected chi connectivity index (χ2v) is 5.28. The van der Waals surface area contributed by atoms with Crippen molar-refractivity contribution in [3.8, 4) is 0 Å². The molecule has 2 aliphatic rings.